The van der Waals surface area contributed by atoms with E-state index in [1.54, 1.807) is 6.42 Å². The molecule has 4 rings (SSSR count). The minimum Gasteiger partial charge on any atom is -0.323 e. The van der Waals surface area contributed by atoms with E-state index in [1.807, 2.05) is 0 Å². The number of rotatable bonds is 0. The Morgan fingerprint density at radius 2 is 1.89 bits per heavy atom. The Hall–Kier alpha value is -0.0800. The molecule has 2 bridgehead atoms. The molecule has 4 fully saturated rings. The monoisotopic (exact) mass is 249 g/mol. The van der Waals surface area contributed by atoms with Crippen molar-refractivity contribution in [1.82, 2.24) is 4.90 Å². The SMILES string of the molecule is C[N+]12CCCCC1[C@H]1C[C@@H](C2)C2CCCCN2C1. The molecule has 5 atom stereocenters. The number of hydrogen-bond donors (Lipinski definition) is 0. The van der Waals surface area contributed by atoms with E-state index in [0.717, 1.165) is 23.9 Å². The largest absolute Gasteiger partial charge is 0.323 e. The molecule has 18 heavy (non-hydrogen) atoms. The van der Waals surface area contributed by atoms with E-state index in [2.05, 4.69) is 11.9 Å². The number of hydrogen-bond acceptors (Lipinski definition) is 1. The first kappa shape index (κ1) is 11.7. The summed E-state index contributed by atoms with van der Waals surface area (Å²) in [5.74, 6) is 2.06. The lowest BCUT2D eigenvalue weighted by molar-refractivity contribution is -0.951. The van der Waals surface area contributed by atoms with E-state index in [1.165, 1.54) is 69.2 Å². The van der Waals surface area contributed by atoms with E-state index < -0.39 is 0 Å². The van der Waals surface area contributed by atoms with Gasteiger partial charge in [0, 0.05) is 24.4 Å². The Kier molecular flexibility index (Phi) is 2.74. The van der Waals surface area contributed by atoms with Gasteiger partial charge in [0.25, 0.3) is 0 Å². The molecule has 0 aromatic heterocycles. The van der Waals surface area contributed by atoms with E-state index >= 15 is 0 Å². The Morgan fingerprint density at radius 3 is 2.83 bits per heavy atom. The zero-order chi connectivity index (χ0) is 12.2. The number of piperidine rings is 4. The van der Waals surface area contributed by atoms with Gasteiger partial charge in [-0.25, -0.2) is 0 Å². The summed E-state index contributed by atoms with van der Waals surface area (Å²) < 4.78 is 1.44. The van der Waals surface area contributed by atoms with Gasteiger partial charge >= 0.3 is 0 Å². The molecular weight excluding hydrogens is 220 g/mol. The van der Waals surface area contributed by atoms with Gasteiger partial charge in [-0.05, 0) is 45.1 Å². The number of quaternary nitrogens is 1. The van der Waals surface area contributed by atoms with E-state index in [-0.39, 0.29) is 0 Å². The van der Waals surface area contributed by atoms with Crippen molar-refractivity contribution in [2.75, 3.05) is 33.2 Å². The molecule has 0 saturated carbocycles. The van der Waals surface area contributed by atoms with Crippen LogP contribution in [-0.2, 0) is 0 Å². The average Bonchev–Trinajstić information content (AvgIpc) is 2.38. The third-order valence-corrected chi connectivity index (χ3v) is 6.70. The van der Waals surface area contributed by atoms with Crippen LogP contribution >= 0.6 is 0 Å². The fraction of sp³-hybridized carbons (Fsp3) is 1.00. The summed E-state index contributed by atoms with van der Waals surface area (Å²) in [7, 11) is 2.58. The molecule has 4 aliphatic rings. The topological polar surface area (TPSA) is 3.24 Å². The Bertz CT molecular complexity index is 329. The van der Waals surface area contributed by atoms with Crippen LogP contribution in [0.5, 0.6) is 0 Å². The highest BCUT2D eigenvalue weighted by atomic mass is 15.4. The lowest BCUT2D eigenvalue weighted by Gasteiger charge is -2.60. The highest BCUT2D eigenvalue weighted by Gasteiger charge is 2.53. The van der Waals surface area contributed by atoms with Gasteiger partial charge < -0.3 is 4.48 Å². The van der Waals surface area contributed by atoms with Gasteiger partial charge in [-0.3, -0.25) is 4.90 Å². The second-order valence-electron chi connectivity index (χ2n) is 7.76. The van der Waals surface area contributed by atoms with Crippen LogP contribution in [0.3, 0.4) is 0 Å². The molecule has 2 nitrogen and oxygen atoms in total. The van der Waals surface area contributed by atoms with Crippen molar-refractivity contribution in [3.63, 3.8) is 0 Å². The van der Waals surface area contributed by atoms with Gasteiger partial charge in [-0.15, -0.1) is 0 Å². The first-order valence-corrected chi connectivity index (χ1v) is 8.34. The first-order chi connectivity index (χ1) is 8.76. The zero-order valence-corrected chi connectivity index (χ0v) is 12.0. The molecule has 4 saturated heterocycles. The second-order valence-corrected chi connectivity index (χ2v) is 7.76. The van der Waals surface area contributed by atoms with Gasteiger partial charge in [-0.2, -0.15) is 0 Å². The lowest BCUT2D eigenvalue weighted by atomic mass is 9.70. The van der Waals surface area contributed by atoms with E-state index in [4.69, 9.17) is 0 Å². The van der Waals surface area contributed by atoms with Gasteiger partial charge in [0.1, 0.15) is 0 Å². The van der Waals surface area contributed by atoms with Crippen molar-refractivity contribution in [3.05, 3.63) is 0 Å². The normalized spacial score (nSPS) is 52.5. The summed E-state index contributed by atoms with van der Waals surface area (Å²) in [6, 6.07) is 1.98. The van der Waals surface area contributed by atoms with Crippen LogP contribution < -0.4 is 0 Å². The Balaban J connectivity index is 1.61. The van der Waals surface area contributed by atoms with E-state index in [0.29, 0.717) is 0 Å². The molecular formula is C16H29N2+. The molecule has 0 aromatic carbocycles. The molecule has 0 N–H and O–H groups in total. The maximum Gasteiger partial charge on any atom is 0.0929 e. The summed E-state index contributed by atoms with van der Waals surface area (Å²) in [6.07, 6.45) is 10.5. The van der Waals surface area contributed by atoms with Crippen LogP contribution in [0.15, 0.2) is 0 Å². The highest BCUT2D eigenvalue weighted by molar-refractivity contribution is 4.96. The molecule has 0 radical (unpaired) electrons. The van der Waals surface area contributed by atoms with Crippen molar-refractivity contribution in [2.24, 2.45) is 11.8 Å². The first-order valence-electron chi connectivity index (χ1n) is 8.34. The molecule has 0 amide bonds. The maximum absolute atomic E-state index is 2.89. The number of nitrogens with zero attached hydrogens (tertiary/aromatic N) is 2. The quantitative estimate of drug-likeness (QED) is 0.596. The average molecular weight is 249 g/mol. The maximum atomic E-state index is 2.89. The minimum atomic E-state index is 0.966. The molecule has 4 aliphatic heterocycles. The molecule has 0 aliphatic carbocycles. The van der Waals surface area contributed by atoms with Gasteiger partial charge in [0.2, 0.25) is 0 Å². The van der Waals surface area contributed by atoms with Crippen molar-refractivity contribution in [2.45, 2.75) is 57.0 Å². The summed E-state index contributed by atoms with van der Waals surface area (Å²) >= 11 is 0. The third kappa shape index (κ3) is 1.68. The Morgan fingerprint density at radius 1 is 1.00 bits per heavy atom. The van der Waals surface area contributed by atoms with E-state index in [9.17, 15) is 0 Å². The number of fused-ring (bicyclic) bond motifs is 6. The van der Waals surface area contributed by atoms with Crippen LogP contribution in [-0.4, -0.2) is 54.7 Å². The summed E-state index contributed by atoms with van der Waals surface area (Å²) in [4.78, 5) is 2.89. The van der Waals surface area contributed by atoms with Crippen LogP contribution in [0.2, 0.25) is 0 Å². The lowest BCUT2D eigenvalue weighted by Crippen LogP contribution is -2.70. The van der Waals surface area contributed by atoms with Crippen LogP contribution in [0, 0.1) is 11.8 Å². The smallest absolute Gasteiger partial charge is 0.0929 e. The van der Waals surface area contributed by atoms with Crippen LogP contribution in [0.25, 0.3) is 0 Å². The molecule has 3 unspecified atom stereocenters. The minimum absolute atomic E-state index is 0.966. The molecule has 0 aromatic rings. The second kappa shape index (κ2) is 4.21. The third-order valence-electron chi connectivity index (χ3n) is 6.70. The Labute approximate surface area is 112 Å². The predicted molar refractivity (Wildman–Crippen MR) is 74.4 cm³/mol. The standard InChI is InChI=1S/C16H29N2/c1-18-9-5-3-7-16(18)13-10-14(12-18)15-6-2-4-8-17(15)11-13/h13-16H,2-12H2,1H3/q+1/t13-,14-,15?,16?,18?/m0/s1. The van der Waals surface area contributed by atoms with Gasteiger partial charge in [0.15, 0.2) is 0 Å². The van der Waals surface area contributed by atoms with Crippen molar-refractivity contribution >= 4 is 0 Å². The van der Waals surface area contributed by atoms with Gasteiger partial charge in [0.05, 0.1) is 26.2 Å². The van der Waals surface area contributed by atoms with Crippen molar-refractivity contribution < 1.29 is 4.48 Å². The van der Waals surface area contributed by atoms with Gasteiger partial charge in [-0.1, -0.05) is 6.42 Å². The molecule has 102 valence electrons. The molecule has 2 heteroatoms. The molecule has 4 heterocycles. The highest BCUT2D eigenvalue weighted by Crippen LogP contribution is 2.45. The summed E-state index contributed by atoms with van der Waals surface area (Å²) in [5, 5.41) is 0. The summed E-state index contributed by atoms with van der Waals surface area (Å²) in [5.41, 5.74) is 0. The van der Waals surface area contributed by atoms with Crippen LogP contribution in [0.4, 0.5) is 0 Å². The summed E-state index contributed by atoms with van der Waals surface area (Å²) in [6.45, 7) is 5.83. The predicted octanol–water partition coefficient (Wildman–Crippen LogP) is 2.49. The zero-order valence-electron chi connectivity index (χ0n) is 12.0. The fourth-order valence-corrected chi connectivity index (χ4v) is 5.99. The van der Waals surface area contributed by atoms with Crippen molar-refractivity contribution in [3.8, 4) is 0 Å². The van der Waals surface area contributed by atoms with Crippen molar-refractivity contribution in [1.29, 1.82) is 0 Å². The molecule has 0 spiro atoms. The van der Waals surface area contributed by atoms with Crippen LogP contribution in [0.1, 0.15) is 44.9 Å². The fourth-order valence-electron chi connectivity index (χ4n) is 5.99.